The fourth-order valence-corrected chi connectivity index (χ4v) is 3.65. The summed E-state index contributed by atoms with van der Waals surface area (Å²) in [5, 5.41) is 6.22. The molecule has 2 aromatic carbocycles. The Morgan fingerprint density at radius 3 is 2.38 bits per heavy atom. The van der Waals surface area contributed by atoms with E-state index < -0.39 is 0 Å². The second-order valence-corrected chi connectivity index (χ2v) is 7.48. The molecule has 0 atom stereocenters. The van der Waals surface area contributed by atoms with E-state index in [4.69, 9.17) is 4.42 Å². The summed E-state index contributed by atoms with van der Waals surface area (Å²) in [5.41, 5.74) is 2.82. The van der Waals surface area contributed by atoms with Gasteiger partial charge in [0.1, 0.15) is 5.82 Å². The van der Waals surface area contributed by atoms with Gasteiger partial charge < -0.3 is 24.9 Å². The van der Waals surface area contributed by atoms with Gasteiger partial charge >= 0.3 is 0 Å². The summed E-state index contributed by atoms with van der Waals surface area (Å²) < 4.78 is 18.3. The number of furan rings is 1. The van der Waals surface area contributed by atoms with E-state index in [1.807, 2.05) is 36.4 Å². The van der Waals surface area contributed by atoms with E-state index in [1.165, 1.54) is 18.4 Å². The Morgan fingerprint density at radius 1 is 1.03 bits per heavy atom. The first-order valence-corrected chi connectivity index (χ1v) is 10.5. The smallest absolute Gasteiger partial charge is 0.291 e. The topological polar surface area (TPSA) is 73.1 Å². The first-order chi connectivity index (χ1) is 15.6. The van der Waals surface area contributed by atoms with Crippen LogP contribution in [-0.4, -0.2) is 50.0 Å². The molecule has 1 aliphatic heterocycles. The van der Waals surface area contributed by atoms with Crippen LogP contribution in [-0.2, 0) is 6.54 Å². The van der Waals surface area contributed by atoms with Crippen molar-refractivity contribution in [2.24, 2.45) is 4.99 Å². The molecule has 0 unspecified atom stereocenters. The van der Waals surface area contributed by atoms with Gasteiger partial charge in [0, 0.05) is 51.1 Å². The van der Waals surface area contributed by atoms with E-state index in [0.717, 1.165) is 43.4 Å². The van der Waals surface area contributed by atoms with Crippen molar-refractivity contribution in [3.63, 3.8) is 0 Å². The molecule has 0 radical (unpaired) electrons. The molecule has 32 heavy (non-hydrogen) atoms. The highest BCUT2D eigenvalue weighted by Gasteiger charge is 2.19. The van der Waals surface area contributed by atoms with Crippen molar-refractivity contribution in [3.05, 3.63) is 84.1 Å². The van der Waals surface area contributed by atoms with Gasteiger partial charge in [0.05, 0.1) is 6.26 Å². The minimum Gasteiger partial charge on any atom is -0.459 e. The standard InChI is InChI=1S/C24H26FN5O2/c1-26-24(30-14-12-29(13-15-30)21-10-6-19(25)7-11-21)27-17-18-4-8-20(9-5-18)28-23(31)22-3-2-16-32-22/h2-11,16H,12-15,17H2,1H3,(H,26,27)(H,28,31). The summed E-state index contributed by atoms with van der Waals surface area (Å²) in [4.78, 5) is 20.9. The maximum absolute atomic E-state index is 13.2. The van der Waals surface area contributed by atoms with Crippen LogP contribution in [0.5, 0.6) is 0 Å². The number of nitrogens with zero attached hydrogens (tertiary/aromatic N) is 3. The van der Waals surface area contributed by atoms with Crippen molar-refractivity contribution in [1.29, 1.82) is 0 Å². The normalized spacial score (nSPS) is 14.4. The maximum Gasteiger partial charge on any atom is 0.291 e. The number of amides is 1. The number of aliphatic imine (C=N–C) groups is 1. The molecule has 8 heteroatoms. The van der Waals surface area contributed by atoms with E-state index in [-0.39, 0.29) is 17.5 Å². The summed E-state index contributed by atoms with van der Waals surface area (Å²) >= 11 is 0. The lowest BCUT2D eigenvalue weighted by Crippen LogP contribution is -2.52. The Labute approximate surface area is 186 Å². The van der Waals surface area contributed by atoms with Crippen molar-refractivity contribution in [1.82, 2.24) is 10.2 Å². The third kappa shape index (κ3) is 5.26. The Morgan fingerprint density at radius 2 is 1.75 bits per heavy atom. The highest BCUT2D eigenvalue weighted by molar-refractivity contribution is 6.02. The molecule has 0 aliphatic carbocycles. The molecule has 1 aliphatic rings. The molecule has 2 N–H and O–H groups in total. The van der Waals surface area contributed by atoms with Gasteiger partial charge in [-0.25, -0.2) is 4.39 Å². The number of halogens is 1. The van der Waals surface area contributed by atoms with Crippen LogP contribution in [0.15, 0.2) is 76.3 Å². The molecule has 0 spiro atoms. The molecular weight excluding hydrogens is 409 g/mol. The van der Waals surface area contributed by atoms with E-state index >= 15 is 0 Å². The number of carbonyl (C=O) groups excluding carboxylic acids is 1. The Balaban J connectivity index is 1.26. The quantitative estimate of drug-likeness (QED) is 0.474. The zero-order valence-corrected chi connectivity index (χ0v) is 17.9. The number of benzene rings is 2. The number of guanidine groups is 1. The van der Waals surface area contributed by atoms with Crippen LogP contribution in [0.25, 0.3) is 0 Å². The van der Waals surface area contributed by atoms with Crippen LogP contribution in [0.2, 0.25) is 0 Å². The molecular formula is C24H26FN5O2. The van der Waals surface area contributed by atoms with E-state index in [0.29, 0.717) is 12.2 Å². The average molecular weight is 436 g/mol. The number of hydrogen-bond donors (Lipinski definition) is 2. The lowest BCUT2D eigenvalue weighted by Gasteiger charge is -2.37. The largest absolute Gasteiger partial charge is 0.459 e. The molecule has 7 nitrogen and oxygen atoms in total. The highest BCUT2D eigenvalue weighted by atomic mass is 19.1. The number of nitrogens with one attached hydrogen (secondary N) is 2. The minimum absolute atomic E-state index is 0.218. The average Bonchev–Trinajstić information content (AvgIpc) is 3.37. The second-order valence-electron chi connectivity index (χ2n) is 7.48. The van der Waals surface area contributed by atoms with Crippen LogP contribution < -0.4 is 15.5 Å². The second kappa shape index (κ2) is 10.00. The molecule has 2 heterocycles. The summed E-state index contributed by atoms with van der Waals surface area (Å²) in [7, 11) is 1.78. The molecule has 3 aromatic rings. The van der Waals surface area contributed by atoms with Gasteiger partial charge in [-0.2, -0.15) is 0 Å². The Kier molecular flexibility index (Phi) is 6.69. The first kappa shape index (κ1) is 21.4. The number of anilines is 2. The lowest BCUT2D eigenvalue weighted by molar-refractivity contribution is 0.0996. The predicted molar refractivity (Wildman–Crippen MR) is 123 cm³/mol. The van der Waals surface area contributed by atoms with Crippen molar-refractivity contribution in [2.75, 3.05) is 43.4 Å². The number of hydrogen-bond acceptors (Lipinski definition) is 4. The SMILES string of the molecule is CN=C(NCc1ccc(NC(=O)c2ccco2)cc1)N1CCN(c2ccc(F)cc2)CC1. The number of carbonyl (C=O) groups is 1. The van der Waals surface area contributed by atoms with E-state index in [1.54, 1.807) is 19.2 Å². The van der Waals surface area contributed by atoms with Crippen molar-refractivity contribution in [3.8, 4) is 0 Å². The van der Waals surface area contributed by atoms with Crippen molar-refractivity contribution in [2.45, 2.75) is 6.54 Å². The van der Waals surface area contributed by atoms with Gasteiger partial charge in [-0.3, -0.25) is 9.79 Å². The monoisotopic (exact) mass is 435 g/mol. The first-order valence-electron chi connectivity index (χ1n) is 10.5. The third-order valence-corrected chi connectivity index (χ3v) is 5.39. The zero-order valence-electron chi connectivity index (χ0n) is 17.9. The maximum atomic E-state index is 13.2. The van der Waals surface area contributed by atoms with Crippen LogP contribution in [0.1, 0.15) is 16.1 Å². The fourth-order valence-electron chi connectivity index (χ4n) is 3.65. The van der Waals surface area contributed by atoms with E-state index in [2.05, 4.69) is 25.4 Å². The third-order valence-electron chi connectivity index (χ3n) is 5.39. The lowest BCUT2D eigenvalue weighted by atomic mass is 10.2. The Bertz CT molecular complexity index is 1040. The van der Waals surface area contributed by atoms with Crippen LogP contribution in [0, 0.1) is 5.82 Å². The summed E-state index contributed by atoms with van der Waals surface area (Å²) in [6, 6.07) is 17.6. The molecule has 1 amide bonds. The van der Waals surface area contributed by atoms with Crippen LogP contribution in [0.3, 0.4) is 0 Å². The highest BCUT2D eigenvalue weighted by Crippen LogP contribution is 2.17. The zero-order chi connectivity index (χ0) is 22.3. The van der Waals surface area contributed by atoms with Gasteiger partial charge in [0.2, 0.25) is 0 Å². The van der Waals surface area contributed by atoms with Gasteiger partial charge in [-0.1, -0.05) is 12.1 Å². The van der Waals surface area contributed by atoms with Crippen molar-refractivity contribution >= 4 is 23.2 Å². The molecule has 0 saturated carbocycles. The van der Waals surface area contributed by atoms with Gasteiger partial charge in [-0.15, -0.1) is 0 Å². The van der Waals surface area contributed by atoms with Crippen molar-refractivity contribution < 1.29 is 13.6 Å². The molecule has 1 aromatic heterocycles. The van der Waals surface area contributed by atoms with Crippen LogP contribution >= 0.6 is 0 Å². The van der Waals surface area contributed by atoms with Crippen LogP contribution in [0.4, 0.5) is 15.8 Å². The van der Waals surface area contributed by atoms with E-state index in [9.17, 15) is 9.18 Å². The molecule has 166 valence electrons. The predicted octanol–water partition coefficient (Wildman–Crippen LogP) is 3.57. The summed E-state index contributed by atoms with van der Waals surface area (Å²) in [5.74, 6) is 0.629. The molecule has 4 rings (SSSR count). The molecule has 1 saturated heterocycles. The number of piperazine rings is 1. The minimum atomic E-state index is -0.277. The summed E-state index contributed by atoms with van der Waals surface area (Å²) in [6.45, 7) is 3.97. The summed E-state index contributed by atoms with van der Waals surface area (Å²) in [6.07, 6.45) is 1.47. The molecule has 1 fully saturated rings. The fraction of sp³-hybridized carbons (Fsp3) is 0.250. The molecule has 0 bridgehead atoms. The van der Waals surface area contributed by atoms with Gasteiger partial charge in [-0.05, 0) is 54.1 Å². The van der Waals surface area contributed by atoms with Gasteiger partial charge in [0.15, 0.2) is 11.7 Å². The van der Waals surface area contributed by atoms with Gasteiger partial charge in [0.25, 0.3) is 5.91 Å². The number of rotatable bonds is 5. The Hall–Kier alpha value is -3.81.